The molecule has 2 N–H and O–H groups in total. The van der Waals surface area contributed by atoms with Gasteiger partial charge in [-0.05, 0) is 50.5 Å². The van der Waals surface area contributed by atoms with Crippen molar-refractivity contribution in [1.29, 1.82) is 0 Å². The molecule has 2 aliphatic rings. The number of methoxy groups -OCH3 is 1. The predicted octanol–water partition coefficient (Wildman–Crippen LogP) is 1.94. The molecule has 0 saturated heterocycles. The first-order valence-corrected chi connectivity index (χ1v) is 7.20. The predicted molar refractivity (Wildman–Crippen MR) is 69.0 cm³/mol. The SMILES string of the molecule is COCC(O)CCNC1CCCC(C2CC2)C1. The summed E-state index contributed by atoms with van der Waals surface area (Å²) in [6.45, 7) is 1.38. The van der Waals surface area contributed by atoms with E-state index in [0.717, 1.165) is 24.8 Å². The lowest BCUT2D eigenvalue weighted by atomic mass is 9.82. The van der Waals surface area contributed by atoms with Crippen LogP contribution in [-0.2, 0) is 4.74 Å². The molecule has 0 aromatic rings. The van der Waals surface area contributed by atoms with Crippen molar-refractivity contribution in [2.75, 3.05) is 20.3 Å². The summed E-state index contributed by atoms with van der Waals surface area (Å²) < 4.78 is 4.93. The molecule has 100 valence electrons. The van der Waals surface area contributed by atoms with Gasteiger partial charge in [0.05, 0.1) is 12.7 Å². The summed E-state index contributed by atoms with van der Waals surface area (Å²) in [7, 11) is 1.64. The molecule has 0 spiro atoms. The van der Waals surface area contributed by atoms with E-state index in [4.69, 9.17) is 4.74 Å². The summed E-state index contributed by atoms with van der Waals surface area (Å²) in [5.41, 5.74) is 0. The van der Waals surface area contributed by atoms with Gasteiger partial charge in [0.15, 0.2) is 0 Å². The molecule has 0 aliphatic heterocycles. The Morgan fingerprint density at radius 2 is 2.06 bits per heavy atom. The molecule has 3 unspecified atom stereocenters. The minimum absolute atomic E-state index is 0.310. The Balaban J connectivity index is 1.58. The van der Waals surface area contributed by atoms with Crippen molar-refractivity contribution in [3.05, 3.63) is 0 Å². The molecule has 3 heteroatoms. The molecule has 2 aliphatic carbocycles. The Bertz CT molecular complexity index is 218. The van der Waals surface area contributed by atoms with Gasteiger partial charge in [0.1, 0.15) is 0 Å². The standard InChI is InChI=1S/C14H27NO2/c1-17-10-14(16)7-8-15-13-4-2-3-12(9-13)11-5-6-11/h11-16H,2-10H2,1H3. The van der Waals surface area contributed by atoms with E-state index in [0.29, 0.717) is 12.6 Å². The van der Waals surface area contributed by atoms with Crippen LogP contribution in [0, 0.1) is 11.8 Å². The first kappa shape index (κ1) is 13.3. The van der Waals surface area contributed by atoms with Crippen molar-refractivity contribution in [2.24, 2.45) is 11.8 Å². The monoisotopic (exact) mass is 241 g/mol. The molecule has 2 saturated carbocycles. The van der Waals surface area contributed by atoms with Gasteiger partial charge >= 0.3 is 0 Å². The molecule has 3 atom stereocenters. The number of nitrogens with one attached hydrogen (secondary N) is 1. The lowest BCUT2D eigenvalue weighted by Crippen LogP contribution is -2.36. The highest BCUT2D eigenvalue weighted by molar-refractivity contribution is 4.87. The maximum atomic E-state index is 9.56. The van der Waals surface area contributed by atoms with Gasteiger partial charge in [-0.15, -0.1) is 0 Å². The summed E-state index contributed by atoms with van der Waals surface area (Å²) in [5.74, 6) is 2.05. The summed E-state index contributed by atoms with van der Waals surface area (Å²) >= 11 is 0. The fourth-order valence-electron chi connectivity index (χ4n) is 3.14. The molecule has 0 radical (unpaired) electrons. The van der Waals surface area contributed by atoms with Crippen molar-refractivity contribution in [2.45, 2.75) is 57.1 Å². The summed E-state index contributed by atoms with van der Waals surface area (Å²) in [4.78, 5) is 0. The van der Waals surface area contributed by atoms with E-state index in [-0.39, 0.29) is 6.10 Å². The van der Waals surface area contributed by atoms with E-state index < -0.39 is 0 Å². The van der Waals surface area contributed by atoms with Gasteiger partial charge in [0.2, 0.25) is 0 Å². The molecule has 2 rings (SSSR count). The van der Waals surface area contributed by atoms with Crippen molar-refractivity contribution < 1.29 is 9.84 Å². The number of ether oxygens (including phenoxy) is 1. The quantitative estimate of drug-likeness (QED) is 0.716. The van der Waals surface area contributed by atoms with Gasteiger partial charge in [-0.25, -0.2) is 0 Å². The second kappa shape index (κ2) is 6.72. The van der Waals surface area contributed by atoms with E-state index in [2.05, 4.69) is 5.32 Å². The van der Waals surface area contributed by atoms with Crippen molar-refractivity contribution >= 4 is 0 Å². The fourth-order valence-corrected chi connectivity index (χ4v) is 3.14. The van der Waals surface area contributed by atoms with Gasteiger partial charge < -0.3 is 15.2 Å². The molecule has 17 heavy (non-hydrogen) atoms. The van der Waals surface area contributed by atoms with Crippen molar-refractivity contribution in [3.63, 3.8) is 0 Å². The van der Waals surface area contributed by atoms with Crippen LogP contribution in [-0.4, -0.2) is 37.5 Å². The van der Waals surface area contributed by atoms with Crippen LogP contribution < -0.4 is 5.32 Å². The highest BCUT2D eigenvalue weighted by Crippen LogP contribution is 2.43. The Hall–Kier alpha value is -0.120. The third-order valence-electron chi connectivity index (χ3n) is 4.27. The number of aliphatic hydroxyl groups is 1. The molecule has 0 aromatic carbocycles. The number of rotatable bonds is 7. The zero-order valence-electron chi connectivity index (χ0n) is 11.0. The Labute approximate surface area is 105 Å². The van der Waals surface area contributed by atoms with Gasteiger partial charge in [0, 0.05) is 13.2 Å². The maximum Gasteiger partial charge on any atom is 0.0785 e. The van der Waals surface area contributed by atoms with Crippen LogP contribution in [0.5, 0.6) is 0 Å². The average Bonchev–Trinajstić information content (AvgIpc) is 3.14. The largest absolute Gasteiger partial charge is 0.391 e. The maximum absolute atomic E-state index is 9.56. The van der Waals surface area contributed by atoms with Crippen molar-refractivity contribution in [3.8, 4) is 0 Å². The third kappa shape index (κ3) is 4.57. The Morgan fingerprint density at radius 3 is 2.76 bits per heavy atom. The van der Waals surface area contributed by atoms with Crippen LogP contribution >= 0.6 is 0 Å². The molecular weight excluding hydrogens is 214 g/mol. The van der Waals surface area contributed by atoms with E-state index >= 15 is 0 Å². The molecule has 3 nitrogen and oxygen atoms in total. The topological polar surface area (TPSA) is 41.5 Å². The molecule has 0 bridgehead atoms. The molecule has 2 fully saturated rings. The van der Waals surface area contributed by atoms with Gasteiger partial charge in [0.25, 0.3) is 0 Å². The Kier molecular flexibility index (Phi) is 5.26. The van der Waals surface area contributed by atoms with E-state index in [1.807, 2.05) is 0 Å². The molecule has 0 heterocycles. The van der Waals surface area contributed by atoms with Crippen LogP contribution in [0.1, 0.15) is 44.9 Å². The van der Waals surface area contributed by atoms with E-state index in [1.165, 1.54) is 38.5 Å². The zero-order chi connectivity index (χ0) is 12.1. The highest BCUT2D eigenvalue weighted by atomic mass is 16.5. The highest BCUT2D eigenvalue weighted by Gasteiger charge is 2.34. The van der Waals surface area contributed by atoms with Crippen LogP contribution in [0.15, 0.2) is 0 Å². The third-order valence-corrected chi connectivity index (χ3v) is 4.27. The second-order valence-corrected chi connectivity index (χ2v) is 5.81. The first-order chi connectivity index (χ1) is 8.29. The van der Waals surface area contributed by atoms with Crippen LogP contribution in [0.4, 0.5) is 0 Å². The summed E-state index contributed by atoms with van der Waals surface area (Å²) in [5, 5.41) is 13.2. The van der Waals surface area contributed by atoms with E-state index in [9.17, 15) is 5.11 Å². The van der Waals surface area contributed by atoms with Gasteiger partial charge in [-0.3, -0.25) is 0 Å². The second-order valence-electron chi connectivity index (χ2n) is 5.81. The fraction of sp³-hybridized carbons (Fsp3) is 1.00. The lowest BCUT2D eigenvalue weighted by molar-refractivity contribution is 0.0584. The van der Waals surface area contributed by atoms with Gasteiger partial charge in [-0.2, -0.15) is 0 Å². The number of hydrogen-bond acceptors (Lipinski definition) is 3. The van der Waals surface area contributed by atoms with Crippen molar-refractivity contribution in [1.82, 2.24) is 5.32 Å². The molecule has 0 aromatic heterocycles. The Morgan fingerprint density at radius 1 is 1.24 bits per heavy atom. The lowest BCUT2D eigenvalue weighted by Gasteiger charge is -2.30. The van der Waals surface area contributed by atoms with Crippen LogP contribution in [0.2, 0.25) is 0 Å². The van der Waals surface area contributed by atoms with E-state index in [1.54, 1.807) is 7.11 Å². The summed E-state index contributed by atoms with van der Waals surface area (Å²) in [6.07, 6.45) is 8.98. The summed E-state index contributed by atoms with van der Waals surface area (Å²) in [6, 6.07) is 0.698. The minimum atomic E-state index is -0.310. The minimum Gasteiger partial charge on any atom is -0.391 e. The average molecular weight is 241 g/mol. The normalized spacial score (nSPS) is 31.4. The van der Waals surface area contributed by atoms with Crippen LogP contribution in [0.3, 0.4) is 0 Å². The number of aliphatic hydroxyl groups excluding tert-OH is 1. The molecular formula is C14H27NO2. The molecule has 0 amide bonds. The zero-order valence-corrected chi connectivity index (χ0v) is 11.0. The van der Waals surface area contributed by atoms with Crippen LogP contribution in [0.25, 0.3) is 0 Å². The smallest absolute Gasteiger partial charge is 0.0785 e. The number of hydrogen-bond donors (Lipinski definition) is 2. The van der Waals surface area contributed by atoms with Gasteiger partial charge in [-0.1, -0.05) is 12.8 Å². The first-order valence-electron chi connectivity index (χ1n) is 7.20.